The normalized spacial score (nSPS) is 11.0. The van der Waals surface area contributed by atoms with Gasteiger partial charge in [0.25, 0.3) is 0 Å². The minimum atomic E-state index is 1.06. The average molecular weight is 323 g/mol. The van der Waals surface area contributed by atoms with Crippen molar-refractivity contribution in [3.63, 3.8) is 0 Å². The molecule has 0 spiro atoms. The Hall–Kier alpha value is -1.89. The molecule has 0 unspecified atom stereocenters. The van der Waals surface area contributed by atoms with Gasteiger partial charge in [-0.1, -0.05) is 19.1 Å². The van der Waals surface area contributed by atoms with E-state index >= 15 is 0 Å². The molecule has 0 N–H and O–H groups in total. The lowest BCUT2D eigenvalue weighted by Crippen LogP contribution is -2.38. The Morgan fingerprint density at radius 1 is 0.917 bits per heavy atom. The fourth-order valence-corrected chi connectivity index (χ4v) is 4.01. The van der Waals surface area contributed by atoms with Gasteiger partial charge in [-0.05, 0) is 77.1 Å². The molecule has 2 rings (SSSR count). The number of nitrogens with zero attached hydrogens (tertiary/aromatic N) is 1. The molecule has 128 valence electrons. The molecular weight excluding hydrogens is 290 g/mol. The van der Waals surface area contributed by atoms with Crippen LogP contribution in [0.5, 0.6) is 0 Å². The summed E-state index contributed by atoms with van der Waals surface area (Å²) in [7, 11) is 2.17. The van der Waals surface area contributed by atoms with Crippen LogP contribution in [0.15, 0.2) is 12.2 Å². The fourth-order valence-electron chi connectivity index (χ4n) is 4.01. The van der Waals surface area contributed by atoms with Gasteiger partial charge in [-0.15, -0.1) is 0 Å². The summed E-state index contributed by atoms with van der Waals surface area (Å²) in [5.41, 5.74) is 12.4. The van der Waals surface area contributed by atoms with Crippen molar-refractivity contribution in [3.8, 4) is 0 Å². The maximum atomic E-state index is 4.09. The summed E-state index contributed by atoms with van der Waals surface area (Å²) in [5.74, 6) is 0. The van der Waals surface area contributed by atoms with Gasteiger partial charge >= 0.3 is 0 Å². The van der Waals surface area contributed by atoms with Crippen LogP contribution in [0.25, 0.3) is 22.4 Å². The Labute approximate surface area is 147 Å². The first-order valence-corrected chi connectivity index (χ1v) is 8.90. The van der Waals surface area contributed by atoms with Crippen LogP contribution < -0.4 is 4.57 Å². The summed E-state index contributed by atoms with van der Waals surface area (Å²) in [6.07, 6.45) is 3.06. The molecule has 2 aromatic rings. The number of benzene rings is 1. The first-order valence-electron chi connectivity index (χ1n) is 8.90. The summed E-state index contributed by atoms with van der Waals surface area (Å²) >= 11 is 0. The summed E-state index contributed by atoms with van der Waals surface area (Å²) in [6, 6.07) is 0. The van der Waals surface area contributed by atoms with Crippen LogP contribution in [0.1, 0.15) is 66.9 Å². The molecule has 1 heteroatoms. The highest BCUT2D eigenvalue weighted by atomic mass is 15.0. The van der Waals surface area contributed by atoms with Crippen molar-refractivity contribution in [3.05, 3.63) is 51.4 Å². The maximum Gasteiger partial charge on any atom is 0.216 e. The standard InChI is InChI=1S/C23H32N/c1-11-19-16(7)15(6)17(8)22-21(19)18(9)20(12-2)24(10)23(22)14(5)13(3)4/h12H,2,11H2,1,3-10H3/q+1. The zero-order chi connectivity index (χ0) is 18.3. The molecule has 1 nitrogen and oxygen atoms in total. The Bertz CT molecular complexity index is 876. The lowest BCUT2D eigenvalue weighted by atomic mass is 9.85. The minimum absolute atomic E-state index is 1.06. The van der Waals surface area contributed by atoms with E-state index in [0.29, 0.717) is 0 Å². The molecular formula is C23H32N+. The molecule has 0 aliphatic rings. The molecule has 0 atom stereocenters. The monoisotopic (exact) mass is 322 g/mol. The SMILES string of the molecule is C=Cc1c(C)c2c(CC)c(C)c(C)c(C)c2c(C(C)=C(C)C)[n+]1C. The van der Waals surface area contributed by atoms with Gasteiger partial charge in [0, 0.05) is 22.6 Å². The van der Waals surface area contributed by atoms with Gasteiger partial charge in [0.1, 0.15) is 7.05 Å². The third-order valence-corrected chi connectivity index (χ3v) is 5.85. The third kappa shape index (κ3) is 2.51. The van der Waals surface area contributed by atoms with Crippen molar-refractivity contribution in [2.75, 3.05) is 0 Å². The van der Waals surface area contributed by atoms with Gasteiger partial charge in [0.05, 0.1) is 5.39 Å². The quantitative estimate of drug-likeness (QED) is 0.618. The van der Waals surface area contributed by atoms with Crippen LogP contribution in [-0.2, 0) is 13.5 Å². The van der Waals surface area contributed by atoms with Crippen molar-refractivity contribution in [2.24, 2.45) is 7.05 Å². The van der Waals surface area contributed by atoms with E-state index in [9.17, 15) is 0 Å². The summed E-state index contributed by atoms with van der Waals surface area (Å²) in [6.45, 7) is 22.1. The van der Waals surface area contributed by atoms with Crippen LogP contribution in [0.2, 0.25) is 0 Å². The summed E-state index contributed by atoms with van der Waals surface area (Å²) in [5, 5.41) is 2.85. The van der Waals surface area contributed by atoms with E-state index in [1.54, 1.807) is 0 Å². The van der Waals surface area contributed by atoms with Crippen LogP contribution in [-0.4, -0.2) is 0 Å². The topological polar surface area (TPSA) is 3.88 Å². The van der Waals surface area contributed by atoms with Gasteiger partial charge in [-0.3, -0.25) is 0 Å². The highest BCUT2D eigenvalue weighted by molar-refractivity contribution is 5.99. The Morgan fingerprint density at radius 2 is 1.50 bits per heavy atom. The molecule has 0 aliphatic carbocycles. The van der Waals surface area contributed by atoms with Crippen molar-refractivity contribution in [1.82, 2.24) is 0 Å². The summed E-state index contributed by atoms with van der Waals surface area (Å²) in [4.78, 5) is 0. The van der Waals surface area contributed by atoms with E-state index < -0.39 is 0 Å². The molecule has 0 fully saturated rings. The Kier molecular flexibility index (Phi) is 5.03. The molecule has 1 aromatic heterocycles. The van der Waals surface area contributed by atoms with E-state index in [-0.39, 0.29) is 0 Å². The number of hydrogen-bond donors (Lipinski definition) is 0. The highest BCUT2D eigenvalue weighted by Crippen LogP contribution is 2.37. The predicted octanol–water partition coefficient (Wildman–Crippen LogP) is 5.92. The molecule has 0 saturated carbocycles. The second-order valence-corrected chi connectivity index (χ2v) is 7.20. The average Bonchev–Trinajstić information content (AvgIpc) is 2.54. The van der Waals surface area contributed by atoms with Gasteiger partial charge in [0.15, 0.2) is 0 Å². The van der Waals surface area contributed by atoms with Gasteiger partial charge < -0.3 is 0 Å². The van der Waals surface area contributed by atoms with E-state index in [1.165, 1.54) is 61.1 Å². The van der Waals surface area contributed by atoms with Crippen molar-refractivity contribution < 1.29 is 4.57 Å². The Balaban J connectivity index is 3.33. The minimum Gasteiger partial charge on any atom is -0.194 e. The second-order valence-electron chi connectivity index (χ2n) is 7.20. The van der Waals surface area contributed by atoms with Gasteiger partial charge in [0.2, 0.25) is 11.4 Å². The molecule has 0 amide bonds. The molecule has 1 heterocycles. The largest absolute Gasteiger partial charge is 0.216 e. The van der Waals surface area contributed by atoms with E-state index in [1.807, 2.05) is 6.08 Å². The van der Waals surface area contributed by atoms with Crippen LogP contribution in [0, 0.1) is 27.7 Å². The summed E-state index contributed by atoms with van der Waals surface area (Å²) < 4.78 is 2.33. The molecule has 0 radical (unpaired) electrons. The number of fused-ring (bicyclic) bond motifs is 1. The number of aryl methyl sites for hydroxylation is 3. The first kappa shape index (κ1) is 18.4. The lowest BCUT2D eigenvalue weighted by molar-refractivity contribution is -0.674. The fraction of sp³-hybridized carbons (Fsp3) is 0.435. The predicted molar refractivity (Wildman–Crippen MR) is 107 cm³/mol. The van der Waals surface area contributed by atoms with E-state index in [0.717, 1.165) is 6.42 Å². The zero-order valence-electron chi connectivity index (χ0n) is 16.9. The third-order valence-electron chi connectivity index (χ3n) is 5.85. The van der Waals surface area contributed by atoms with Crippen molar-refractivity contribution in [1.29, 1.82) is 0 Å². The van der Waals surface area contributed by atoms with Gasteiger partial charge in [-0.25, -0.2) is 0 Å². The Morgan fingerprint density at radius 3 is 1.96 bits per heavy atom. The molecule has 0 aliphatic heterocycles. The molecule has 0 bridgehead atoms. The molecule has 24 heavy (non-hydrogen) atoms. The lowest BCUT2D eigenvalue weighted by Gasteiger charge is -2.20. The van der Waals surface area contributed by atoms with Crippen LogP contribution >= 0.6 is 0 Å². The zero-order valence-corrected chi connectivity index (χ0v) is 16.9. The highest BCUT2D eigenvalue weighted by Gasteiger charge is 2.26. The number of hydrogen-bond acceptors (Lipinski definition) is 0. The number of pyridine rings is 1. The van der Waals surface area contributed by atoms with Crippen molar-refractivity contribution in [2.45, 2.75) is 61.8 Å². The van der Waals surface area contributed by atoms with Crippen LogP contribution in [0.4, 0.5) is 0 Å². The molecule has 0 saturated heterocycles. The number of aromatic nitrogens is 1. The van der Waals surface area contributed by atoms with E-state index in [2.05, 4.69) is 73.6 Å². The molecule has 1 aromatic carbocycles. The maximum absolute atomic E-state index is 4.09. The van der Waals surface area contributed by atoms with E-state index in [4.69, 9.17) is 0 Å². The van der Waals surface area contributed by atoms with Gasteiger partial charge in [-0.2, -0.15) is 4.57 Å². The second kappa shape index (κ2) is 6.55. The van der Waals surface area contributed by atoms with Crippen LogP contribution in [0.3, 0.4) is 0 Å². The smallest absolute Gasteiger partial charge is 0.194 e. The van der Waals surface area contributed by atoms with Crippen molar-refractivity contribution >= 4 is 22.4 Å². The number of rotatable bonds is 3. The first-order chi connectivity index (χ1) is 11.2. The number of allylic oxidation sites excluding steroid dienone is 2.